The minimum atomic E-state index is 0.368. The molecule has 1 N–H and O–H groups in total. The summed E-state index contributed by atoms with van der Waals surface area (Å²) < 4.78 is 0. The van der Waals surface area contributed by atoms with Crippen LogP contribution >= 0.6 is 11.8 Å². The van der Waals surface area contributed by atoms with Crippen LogP contribution in [-0.2, 0) is 0 Å². The van der Waals surface area contributed by atoms with Crippen molar-refractivity contribution in [2.45, 2.75) is 37.1 Å². The predicted molar refractivity (Wildman–Crippen MR) is 71.2 cm³/mol. The summed E-state index contributed by atoms with van der Waals surface area (Å²) in [7, 11) is 0. The Bertz CT molecular complexity index is 465. The monoisotopic (exact) mass is 247 g/mol. The van der Waals surface area contributed by atoms with Gasteiger partial charge >= 0.3 is 0 Å². The molecule has 1 heterocycles. The van der Waals surface area contributed by atoms with E-state index >= 15 is 0 Å². The lowest BCUT2D eigenvalue weighted by atomic mass is 10.2. The van der Waals surface area contributed by atoms with E-state index in [1.54, 1.807) is 11.8 Å². The van der Waals surface area contributed by atoms with Crippen molar-refractivity contribution in [3.8, 4) is 0 Å². The lowest BCUT2D eigenvalue weighted by Crippen LogP contribution is -1.90. The molecular formula is C13H17N3S. The Balaban J connectivity index is 2.05. The average molecular weight is 247 g/mol. The highest BCUT2D eigenvalue weighted by atomic mass is 32.2. The number of hydrogen-bond acceptors (Lipinski definition) is 3. The summed E-state index contributed by atoms with van der Waals surface area (Å²) in [5, 5.41) is 8.40. The first-order chi connectivity index (χ1) is 8.16. The second kappa shape index (κ2) is 5.36. The molecule has 1 atom stereocenters. The van der Waals surface area contributed by atoms with E-state index in [0.717, 1.165) is 11.0 Å². The molecule has 0 aliphatic carbocycles. The van der Waals surface area contributed by atoms with Crippen LogP contribution in [0.3, 0.4) is 0 Å². The molecule has 1 aromatic heterocycles. The number of aromatic amines is 1. The molecule has 3 nitrogen and oxygen atoms in total. The Morgan fingerprint density at radius 3 is 2.41 bits per heavy atom. The highest BCUT2D eigenvalue weighted by Crippen LogP contribution is 2.32. The Labute approximate surface area is 106 Å². The minimum absolute atomic E-state index is 0.368. The molecule has 1 aromatic carbocycles. The van der Waals surface area contributed by atoms with Gasteiger partial charge in [-0.3, -0.25) is 5.10 Å². The highest BCUT2D eigenvalue weighted by Gasteiger charge is 2.12. The third-order valence-electron chi connectivity index (χ3n) is 2.58. The van der Waals surface area contributed by atoms with E-state index in [-0.39, 0.29) is 0 Å². The zero-order valence-electron chi connectivity index (χ0n) is 10.3. The fourth-order valence-corrected chi connectivity index (χ4v) is 2.38. The largest absolute Gasteiger partial charge is 0.262 e. The van der Waals surface area contributed by atoms with Crippen molar-refractivity contribution in [2.24, 2.45) is 0 Å². The van der Waals surface area contributed by atoms with Gasteiger partial charge in [0.25, 0.3) is 0 Å². The second-order valence-corrected chi connectivity index (χ2v) is 5.64. The molecule has 0 bridgehead atoms. The fraction of sp³-hybridized carbons (Fsp3) is 0.385. The molecule has 2 aromatic rings. The third kappa shape index (κ3) is 3.09. The van der Waals surface area contributed by atoms with E-state index in [2.05, 4.69) is 60.2 Å². The molecule has 0 amide bonds. The molecular weight excluding hydrogens is 230 g/mol. The van der Waals surface area contributed by atoms with Gasteiger partial charge in [-0.25, -0.2) is 4.98 Å². The van der Waals surface area contributed by atoms with E-state index in [4.69, 9.17) is 0 Å². The smallest absolute Gasteiger partial charge is 0.209 e. The Hall–Kier alpha value is -1.29. The molecule has 2 rings (SSSR count). The Morgan fingerprint density at radius 1 is 1.12 bits per heavy atom. The summed E-state index contributed by atoms with van der Waals surface area (Å²) in [6, 6.07) is 10.4. The number of benzene rings is 1. The summed E-state index contributed by atoms with van der Waals surface area (Å²) >= 11 is 1.68. The van der Waals surface area contributed by atoms with Gasteiger partial charge in [-0.15, -0.1) is 5.10 Å². The molecule has 0 saturated carbocycles. The molecule has 0 aliphatic heterocycles. The second-order valence-electron chi connectivity index (χ2n) is 4.33. The minimum Gasteiger partial charge on any atom is -0.262 e. The lowest BCUT2D eigenvalue weighted by molar-refractivity contribution is 0.780. The van der Waals surface area contributed by atoms with Crippen molar-refractivity contribution in [2.75, 3.05) is 0 Å². The average Bonchev–Trinajstić information content (AvgIpc) is 2.79. The standard InChI is InChI=1S/C13H17N3S/c1-9(2)12-14-13(16-15-12)17-10(3)11-7-5-4-6-8-11/h4-10H,1-3H3,(H,14,15,16)/t10-/m0/s1. The molecule has 0 spiro atoms. The summed E-state index contributed by atoms with van der Waals surface area (Å²) in [5.74, 6) is 1.34. The van der Waals surface area contributed by atoms with Crippen molar-refractivity contribution in [3.63, 3.8) is 0 Å². The molecule has 0 aliphatic rings. The maximum atomic E-state index is 4.47. The zero-order valence-corrected chi connectivity index (χ0v) is 11.2. The molecule has 17 heavy (non-hydrogen) atoms. The number of nitrogens with one attached hydrogen (secondary N) is 1. The summed E-state index contributed by atoms with van der Waals surface area (Å²) in [6.45, 7) is 6.39. The fourth-order valence-electron chi connectivity index (χ4n) is 1.52. The molecule has 0 fully saturated rings. The number of H-pyrrole nitrogens is 1. The van der Waals surface area contributed by atoms with Crippen molar-refractivity contribution in [1.82, 2.24) is 15.2 Å². The van der Waals surface area contributed by atoms with Crippen LogP contribution in [0.2, 0.25) is 0 Å². The number of aromatic nitrogens is 3. The SMILES string of the molecule is CC(C)c1nc(S[C@@H](C)c2ccccc2)n[nH]1. The van der Waals surface area contributed by atoms with Gasteiger partial charge in [-0.05, 0) is 12.5 Å². The Morgan fingerprint density at radius 2 is 1.82 bits per heavy atom. The topological polar surface area (TPSA) is 41.6 Å². The number of nitrogens with zero attached hydrogens (tertiary/aromatic N) is 2. The molecule has 0 unspecified atom stereocenters. The van der Waals surface area contributed by atoms with Crippen LogP contribution in [0.15, 0.2) is 35.5 Å². The molecule has 90 valence electrons. The van der Waals surface area contributed by atoms with Crippen molar-refractivity contribution in [1.29, 1.82) is 0 Å². The van der Waals surface area contributed by atoms with Crippen LogP contribution in [0, 0.1) is 0 Å². The van der Waals surface area contributed by atoms with E-state index in [0.29, 0.717) is 11.2 Å². The molecule has 0 saturated heterocycles. The van der Waals surface area contributed by atoms with E-state index in [1.165, 1.54) is 5.56 Å². The normalized spacial score (nSPS) is 12.9. The van der Waals surface area contributed by atoms with E-state index in [9.17, 15) is 0 Å². The van der Waals surface area contributed by atoms with Gasteiger partial charge in [0.2, 0.25) is 5.16 Å². The maximum Gasteiger partial charge on any atom is 0.209 e. The summed E-state index contributed by atoms with van der Waals surface area (Å²) in [6.07, 6.45) is 0. The quantitative estimate of drug-likeness (QED) is 0.836. The van der Waals surface area contributed by atoms with Gasteiger partial charge in [0.05, 0.1) is 0 Å². The van der Waals surface area contributed by atoms with Gasteiger partial charge in [-0.1, -0.05) is 55.9 Å². The molecule has 4 heteroatoms. The molecule has 0 radical (unpaired) electrons. The van der Waals surface area contributed by atoms with Crippen molar-refractivity contribution in [3.05, 3.63) is 41.7 Å². The number of thioether (sulfide) groups is 1. The highest BCUT2D eigenvalue weighted by molar-refractivity contribution is 7.99. The van der Waals surface area contributed by atoms with Gasteiger partial charge in [-0.2, -0.15) is 0 Å². The third-order valence-corrected chi connectivity index (χ3v) is 3.60. The van der Waals surface area contributed by atoms with Crippen LogP contribution in [0.25, 0.3) is 0 Å². The van der Waals surface area contributed by atoms with Crippen molar-refractivity contribution >= 4 is 11.8 Å². The Kier molecular flexibility index (Phi) is 3.84. The van der Waals surface area contributed by atoms with Crippen LogP contribution in [-0.4, -0.2) is 15.2 Å². The first-order valence-corrected chi connectivity index (χ1v) is 6.68. The van der Waals surface area contributed by atoms with E-state index in [1.807, 2.05) is 6.07 Å². The van der Waals surface area contributed by atoms with Crippen LogP contribution in [0.5, 0.6) is 0 Å². The van der Waals surface area contributed by atoms with Crippen LogP contribution < -0.4 is 0 Å². The first-order valence-electron chi connectivity index (χ1n) is 5.80. The van der Waals surface area contributed by atoms with Crippen LogP contribution in [0.4, 0.5) is 0 Å². The van der Waals surface area contributed by atoms with Crippen molar-refractivity contribution < 1.29 is 0 Å². The van der Waals surface area contributed by atoms with Gasteiger partial charge in [0, 0.05) is 11.2 Å². The predicted octanol–water partition coefficient (Wildman–Crippen LogP) is 3.78. The summed E-state index contributed by atoms with van der Waals surface area (Å²) in [5.41, 5.74) is 1.30. The zero-order chi connectivity index (χ0) is 12.3. The number of hydrogen-bond donors (Lipinski definition) is 1. The van der Waals surface area contributed by atoms with Gasteiger partial charge in [0.1, 0.15) is 5.82 Å². The lowest BCUT2D eigenvalue weighted by Gasteiger charge is -2.08. The number of rotatable bonds is 4. The first kappa shape index (κ1) is 12.2. The van der Waals surface area contributed by atoms with Gasteiger partial charge in [0.15, 0.2) is 0 Å². The van der Waals surface area contributed by atoms with Crippen LogP contribution in [0.1, 0.15) is 43.3 Å². The van der Waals surface area contributed by atoms with E-state index < -0.39 is 0 Å². The van der Waals surface area contributed by atoms with Gasteiger partial charge < -0.3 is 0 Å². The summed E-state index contributed by atoms with van der Waals surface area (Å²) in [4.78, 5) is 4.47. The maximum absolute atomic E-state index is 4.47.